The molecule has 4 heteroatoms. The van der Waals surface area contributed by atoms with E-state index in [0.717, 1.165) is 25.7 Å². The van der Waals surface area contributed by atoms with Gasteiger partial charge in [0, 0.05) is 6.08 Å². The second kappa shape index (κ2) is 9.14. The maximum absolute atomic E-state index is 11.0. The van der Waals surface area contributed by atoms with Gasteiger partial charge >= 0.3 is 5.97 Å². The van der Waals surface area contributed by atoms with Gasteiger partial charge in [0.25, 0.3) is 0 Å². The number of ether oxygens (including phenoxy) is 2. The van der Waals surface area contributed by atoms with Crippen LogP contribution in [0.4, 0.5) is 0 Å². The van der Waals surface area contributed by atoms with Crippen LogP contribution < -0.4 is 0 Å². The Morgan fingerprint density at radius 1 is 1.15 bits per heavy atom. The number of aliphatic hydroxyl groups excluding tert-OH is 1. The van der Waals surface area contributed by atoms with Crippen molar-refractivity contribution in [1.29, 1.82) is 0 Å². The second-order valence-electron chi connectivity index (χ2n) is 6.47. The third kappa shape index (κ3) is 9.98. The molecule has 118 valence electrons. The molecule has 0 aliphatic carbocycles. The van der Waals surface area contributed by atoms with E-state index in [1.807, 2.05) is 13.8 Å². The summed E-state index contributed by atoms with van der Waals surface area (Å²) in [5.41, 5.74) is -0.0668. The molecule has 0 saturated heterocycles. The minimum Gasteiger partial charge on any atom is -0.463 e. The van der Waals surface area contributed by atoms with E-state index in [-0.39, 0.29) is 23.6 Å². The lowest BCUT2D eigenvalue weighted by molar-refractivity contribution is -0.138. The number of rotatable bonds is 11. The van der Waals surface area contributed by atoms with Crippen molar-refractivity contribution in [2.75, 3.05) is 19.8 Å². The zero-order valence-electron chi connectivity index (χ0n) is 13.4. The molecule has 0 spiro atoms. The Balaban J connectivity index is 3.91. The summed E-state index contributed by atoms with van der Waals surface area (Å²) in [4.78, 5) is 11.0. The SMILES string of the molecule is C=CC(=O)OCCC(C)(C)CCCC(C)(C)OCCO. The molecule has 0 unspecified atom stereocenters. The molecule has 4 nitrogen and oxygen atoms in total. The van der Waals surface area contributed by atoms with E-state index in [4.69, 9.17) is 14.6 Å². The van der Waals surface area contributed by atoms with Crippen LogP contribution in [0.5, 0.6) is 0 Å². The van der Waals surface area contributed by atoms with E-state index >= 15 is 0 Å². The van der Waals surface area contributed by atoms with Crippen LogP contribution in [0, 0.1) is 5.41 Å². The number of carbonyl (C=O) groups is 1. The molecule has 0 aliphatic heterocycles. The summed E-state index contributed by atoms with van der Waals surface area (Å²) in [5, 5.41) is 8.77. The molecule has 0 aromatic carbocycles. The summed E-state index contributed by atoms with van der Waals surface area (Å²) < 4.78 is 10.6. The van der Waals surface area contributed by atoms with Gasteiger partial charge in [-0.05, 0) is 38.5 Å². The van der Waals surface area contributed by atoms with Crippen LogP contribution in [0.25, 0.3) is 0 Å². The van der Waals surface area contributed by atoms with Gasteiger partial charge < -0.3 is 14.6 Å². The van der Waals surface area contributed by atoms with Crippen LogP contribution in [-0.4, -0.2) is 36.5 Å². The highest BCUT2D eigenvalue weighted by Gasteiger charge is 2.22. The third-order valence-electron chi connectivity index (χ3n) is 3.41. The Morgan fingerprint density at radius 2 is 1.80 bits per heavy atom. The van der Waals surface area contributed by atoms with E-state index in [1.165, 1.54) is 6.08 Å². The highest BCUT2D eigenvalue weighted by Crippen LogP contribution is 2.29. The molecule has 0 aromatic heterocycles. The van der Waals surface area contributed by atoms with Crippen molar-refractivity contribution in [3.63, 3.8) is 0 Å². The molecule has 0 amide bonds. The van der Waals surface area contributed by atoms with Crippen molar-refractivity contribution >= 4 is 5.97 Å². The van der Waals surface area contributed by atoms with Crippen molar-refractivity contribution in [3.8, 4) is 0 Å². The average Bonchev–Trinajstić information content (AvgIpc) is 2.35. The van der Waals surface area contributed by atoms with Crippen LogP contribution in [0.1, 0.15) is 53.4 Å². The van der Waals surface area contributed by atoms with Crippen LogP contribution in [0.2, 0.25) is 0 Å². The minimum absolute atomic E-state index is 0.0591. The molecule has 0 atom stereocenters. The Kier molecular flexibility index (Phi) is 8.74. The first-order chi connectivity index (χ1) is 9.22. The summed E-state index contributed by atoms with van der Waals surface area (Å²) in [6.07, 6.45) is 5.06. The van der Waals surface area contributed by atoms with Crippen molar-refractivity contribution in [3.05, 3.63) is 12.7 Å². The van der Waals surface area contributed by atoms with Crippen LogP contribution in [-0.2, 0) is 14.3 Å². The third-order valence-corrected chi connectivity index (χ3v) is 3.41. The normalized spacial score (nSPS) is 12.2. The summed E-state index contributed by atoms with van der Waals surface area (Å²) in [6.45, 7) is 12.7. The fraction of sp³-hybridized carbons (Fsp3) is 0.812. The average molecular weight is 286 g/mol. The lowest BCUT2D eigenvalue weighted by Gasteiger charge is -2.28. The highest BCUT2D eigenvalue weighted by molar-refractivity contribution is 5.81. The van der Waals surface area contributed by atoms with Crippen molar-refractivity contribution in [2.45, 2.75) is 59.0 Å². The van der Waals surface area contributed by atoms with Gasteiger partial charge in [-0.1, -0.05) is 26.8 Å². The monoisotopic (exact) mass is 286 g/mol. The quantitative estimate of drug-likeness (QED) is 0.468. The van der Waals surface area contributed by atoms with Crippen LogP contribution in [0.3, 0.4) is 0 Å². The molecule has 0 bridgehead atoms. The Bertz CT molecular complexity index is 295. The number of esters is 1. The van der Waals surface area contributed by atoms with Crippen molar-refractivity contribution in [1.82, 2.24) is 0 Å². The number of carbonyl (C=O) groups excluding carboxylic acids is 1. The second-order valence-corrected chi connectivity index (χ2v) is 6.47. The molecule has 0 rings (SSSR count). The van der Waals surface area contributed by atoms with E-state index in [9.17, 15) is 4.79 Å². The van der Waals surface area contributed by atoms with Gasteiger partial charge in [-0.15, -0.1) is 0 Å². The minimum atomic E-state index is -0.362. The molecule has 0 heterocycles. The van der Waals surface area contributed by atoms with Gasteiger partial charge in [-0.3, -0.25) is 0 Å². The maximum atomic E-state index is 11.0. The first-order valence-corrected chi connectivity index (χ1v) is 7.26. The molecule has 20 heavy (non-hydrogen) atoms. The van der Waals surface area contributed by atoms with Gasteiger partial charge in [0.1, 0.15) is 0 Å². The lowest BCUT2D eigenvalue weighted by atomic mass is 9.83. The summed E-state index contributed by atoms with van der Waals surface area (Å²) in [7, 11) is 0. The van der Waals surface area contributed by atoms with Crippen molar-refractivity contribution < 1.29 is 19.4 Å². The molecular formula is C16H30O4. The lowest BCUT2D eigenvalue weighted by Crippen LogP contribution is -2.26. The van der Waals surface area contributed by atoms with E-state index in [0.29, 0.717) is 13.2 Å². The number of aliphatic hydroxyl groups is 1. The first kappa shape index (κ1) is 19.1. The molecular weight excluding hydrogens is 256 g/mol. The molecule has 0 fully saturated rings. The van der Waals surface area contributed by atoms with Gasteiger partial charge in [0.15, 0.2) is 0 Å². The molecule has 0 aromatic rings. The molecule has 1 N–H and O–H groups in total. The van der Waals surface area contributed by atoms with Gasteiger partial charge in [-0.25, -0.2) is 4.79 Å². The number of hydrogen-bond donors (Lipinski definition) is 1. The largest absolute Gasteiger partial charge is 0.463 e. The molecule has 0 radical (unpaired) electrons. The predicted molar refractivity (Wildman–Crippen MR) is 80.5 cm³/mol. The molecule has 0 saturated carbocycles. The maximum Gasteiger partial charge on any atom is 0.330 e. The fourth-order valence-corrected chi connectivity index (χ4v) is 2.00. The predicted octanol–water partition coefficient (Wildman–Crippen LogP) is 3.09. The van der Waals surface area contributed by atoms with Crippen LogP contribution >= 0.6 is 0 Å². The van der Waals surface area contributed by atoms with Gasteiger partial charge in [-0.2, -0.15) is 0 Å². The number of hydrogen-bond acceptors (Lipinski definition) is 4. The summed E-state index contributed by atoms with van der Waals surface area (Å²) in [5.74, 6) is -0.362. The van der Waals surface area contributed by atoms with Crippen LogP contribution in [0.15, 0.2) is 12.7 Å². The smallest absolute Gasteiger partial charge is 0.330 e. The van der Waals surface area contributed by atoms with E-state index in [1.54, 1.807) is 0 Å². The summed E-state index contributed by atoms with van der Waals surface area (Å²) >= 11 is 0. The Hall–Kier alpha value is -0.870. The Morgan fingerprint density at radius 3 is 2.35 bits per heavy atom. The highest BCUT2D eigenvalue weighted by atomic mass is 16.5. The van der Waals surface area contributed by atoms with Gasteiger partial charge in [0.05, 0.1) is 25.4 Å². The van der Waals surface area contributed by atoms with E-state index < -0.39 is 0 Å². The van der Waals surface area contributed by atoms with Crippen molar-refractivity contribution in [2.24, 2.45) is 5.41 Å². The first-order valence-electron chi connectivity index (χ1n) is 7.26. The van der Waals surface area contributed by atoms with E-state index in [2.05, 4.69) is 20.4 Å². The van der Waals surface area contributed by atoms with Gasteiger partial charge in [0.2, 0.25) is 0 Å². The Labute approximate surface area is 123 Å². The standard InChI is InChI=1S/C16H30O4/c1-6-14(18)19-12-10-15(2,3)8-7-9-16(4,5)20-13-11-17/h6,17H,1,7-13H2,2-5H3. The fourth-order valence-electron chi connectivity index (χ4n) is 2.00. The summed E-state index contributed by atoms with van der Waals surface area (Å²) in [6, 6.07) is 0. The zero-order chi connectivity index (χ0) is 15.6. The molecule has 0 aliphatic rings. The topological polar surface area (TPSA) is 55.8 Å². The zero-order valence-corrected chi connectivity index (χ0v) is 13.4.